The van der Waals surface area contributed by atoms with Gasteiger partial charge in [0.05, 0.1) is 34.8 Å². The maximum Gasteiger partial charge on any atom is 0.141 e. The molecule has 0 aliphatic carbocycles. The summed E-state index contributed by atoms with van der Waals surface area (Å²) in [4.78, 5) is 4.19. The van der Waals surface area contributed by atoms with Crippen molar-refractivity contribution in [3.8, 4) is 0 Å². The number of nitrogens with one attached hydrogen (secondary N) is 1. The van der Waals surface area contributed by atoms with Gasteiger partial charge in [-0.25, -0.2) is 4.39 Å². The second-order valence-corrected chi connectivity index (χ2v) is 5.98. The van der Waals surface area contributed by atoms with Gasteiger partial charge in [0.1, 0.15) is 5.82 Å². The summed E-state index contributed by atoms with van der Waals surface area (Å²) in [5.74, 6) is -0.356. The molecular weight excluding hydrogens is 291 g/mol. The van der Waals surface area contributed by atoms with Crippen LogP contribution in [-0.4, -0.2) is 20.8 Å². The standard InChI is InChI=1S/C15H20ClFN4/c1-9(2)20-14(13-6-5-11(17)7-18-13)15-12(16)8-19-21(15)10(3)4/h5-10,14,20H,1-4H3. The zero-order chi connectivity index (χ0) is 15.6. The lowest BCUT2D eigenvalue weighted by Gasteiger charge is -2.24. The van der Waals surface area contributed by atoms with Gasteiger partial charge in [-0.3, -0.25) is 9.67 Å². The van der Waals surface area contributed by atoms with E-state index < -0.39 is 0 Å². The topological polar surface area (TPSA) is 42.7 Å². The largest absolute Gasteiger partial charge is 0.301 e. The average Bonchev–Trinajstić information content (AvgIpc) is 2.79. The fourth-order valence-electron chi connectivity index (χ4n) is 2.23. The van der Waals surface area contributed by atoms with E-state index in [0.29, 0.717) is 5.02 Å². The minimum atomic E-state index is -0.356. The molecular formula is C15H20ClFN4. The predicted molar refractivity (Wildman–Crippen MR) is 81.9 cm³/mol. The van der Waals surface area contributed by atoms with Crippen LogP contribution in [0.25, 0.3) is 0 Å². The van der Waals surface area contributed by atoms with Crippen molar-refractivity contribution in [2.75, 3.05) is 0 Å². The summed E-state index contributed by atoms with van der Waals surface area (Å²) in [6.45, 7) is 8.16. The Morgan fingerprint density at radius 2 is 1.90 bits per heavy atom. The Kier molecular flexibility index (Phi) is 4.96. The summed E-state index contributed by atoms with van der Waals surface area (Å²) in [5, 5.41) is 8.33. The lowest BCUT2D eigenvalue weighted by Crippen LogP contribution is -2.32. The molecule has 114 valence electrons. The molecule has 0 amide bonds. The summed E-state index contributed by atoms with van der Waals surface area (Å²) in [5.41, 5.74) is 1.56. The van der Waals surface area contributed by atoms with E-state index in [9.17, 15) is 4.39 Å². The Bertz CT molecular complexity index is 592. The van der Waals surface area contributed by atoms with Gasteiger partial charge in [-0.05, 0) is 39.8 Å². The number of aromatic nitrogens is 3. The minimum absolute atomic E-state index is 0.171. The molecule has 6 heteroatoms. The highest BCUT2D eigenvalue weighted by Gasteiger charge is 2.25. The molecule has 1 N–H and O–H groups in total. The molecule has 2 aromatic rings. The van der Waals surface area contributed by atoms with Gasteiger partial charge >= 0.3 is 0 Å². The average molecular weight is 311 g/mol. The number of halogens is 2. The molecule has 1 atom stereocenters. The molecule has 2 aromatic heterocycles. The van der Waals surface area contributed by atoms with Crippen LogP contribution in [0, 0.1) is 5.82 Å². The van der Waals surface area contributed by atoms with Crippen molar-refractivity contribution in [2.45, 2.75) is 45.8 Å². The lowest BCUT2D eigenvalue weighted by molar-refractivity contribution is 0.446. The van der Waals surface area contributed by atoms with Crippen LogP contribution in [0.2, 0.25) is 5.02 Å². The van der Waals surface area contributed by atoms with Crippen LogP contribution < -0.4 is 5.32 Å². The minimum Gasteiger partial charge on any atom is -0.301 e. The molecule has 2 rings (SSSR count). The van der Waals surface area contributed by atoms with E-state index in [1.807, 2.05) is 32.4 Å². The Hall–Kier alpha value is -1.46. The Morgan fingerprint density at radius 3 is 2.43 bits per heavy atom. The fourth-order valence-corrected chi connectivity index (χ4v) is 2.47. The van der Waals surface area contributed by atoms with E-state index in [2.05, 4.69) is 15.4 Å². The van der Waals surface area contributed by atoms with Gasteiger partial charge < -0.3 is 5.32 Å². The number of rotatable bonds is 5. The van der Waals surface area contributed by atoms with Crippen molar-refractivity contribution in [1.29, 1.82) is 0 Å². The van der Waals surface area contributed by atoms with Gasteiger partial charge in [0.25, 0.3) is 0 Å². The van der Waals surface area contributed by atoms with Crippen LogP contribution in [0.3, 0.4) is 0 Å². The molecule has 4 nitrogen and oxygen atoms in total. The Labute approximate surface area is 129 Å². The van der Waals surface area contributed by atoms with Gasteiger partial charge in [0.15, 0.2) is 0 Å². The quantitative estimate of drug-likeness (QED) is 0.915. The van der Waals surface area contributed by atoms with Gasteiger partial charge in [-0.15, -0.1) is 0 Å². The Balaban J connectivity index is 2.50. The molecule has 0 aromatic carbocycles. The lowest BCUT2D eigenvalue weighted by atomic mass is 10.1. The van der Waals surface area contributed by atoms with Gasteiger partial charge in [0, 0.05) is 12.1 Å². The third-order valence-corrected chi connectivity index (χ3v) is 3.39. The zero-order valence-corrected chi connectivity index (χ0v) is 13.4. The van der Waals surface area contributed by atoms with Crippen LogP contribution in [0.1, 0.15) is 51.2 Å². The number of pyridine rings is 1. The molecule has 0 radical (unpaired) electrons. The van der Waals surface area contributed by atoms with Crippen molar-refractivity contribution in [1.82, 2.24) is 20.1 Å². The highest BCUT2D eigenvalue weighted by Crippen LogP contribution is 2.29. The molecule has 1 unspecified atom stereocenters. The van der Waals surface area contributed by atoms with Crippen molar-refractivity contribution in [3.05, 3.63) is 46.8 Å². The first-order valence-corrected chi connectivity index (χ1v) is 7.38. The first kappa shape index (κ1) is 15.9. The fraction of sp³-hybridized carbons (Fsp3) is 0.467. The number of hydrogen-bond donors (Lipinski definition) is 1. The molecule has 0 bridgehead atoms. The van der Waals surface area contributed by atoms with E-state index in [4.69, 9.17) is 11.6 Å². The van der Waals surface area contributed by atoms with Crippen molar-refractivity contribution in [3.63, 3.8) is 0 Å². The van der Waals surface area contributed by atoms with Crippen LogP contribution in [0.5, 0.6) is 0 Å². The maximum atomic E-state index is 13.1. The molecule has 0 saturated carbocycles. The second kappa shape index (κ2) is 6.54. The predicted octanol–water partition coefficient (Wildman–Crippen LogP) is 3.74. The van der Waals surface area contributed by atoms with Crippen LogP contribution in [0.15, 0.2) is 24.5 Å². The summed E-state index contributed by atoms with van der Waals surface area (Å²) < 4.78 is 15.0. The summed E-state index contributed by atoms with van der Waals surface area (Å²) in [6.07, 6.45) is 2.85. The number of hydrogen-bond acceptors (Lipinski definition) is 3. The monoisotopic (exact) mass is 310 g/mol. The van der Waals surface area contributed by atoms with Gasteiger partial charge in [-0.1, -0.05) is 11.6 Å². The van der Waals surface area contributed by atoms with Crippen molar-refractivity contribution < 1.29 is 4.39 Å². The SMILES string of the molecule is CC(C)NC(c1ccc(F)cn1)c1c(Cl)cnn1C(C)C. The van der Waals surface area contributed by atoms with E-state index in [0.717, 1.165) is 11.4 Å². The molecule has 0 spiro atoms. The summed E-state index contributed by atoms with van der Waals surface area (Å²) in [7, 11) is 0. The van der Waals surface area contributed by atoms with Crippen LogP contribution in [0.4, 0.5) is 4.39 Å². The van der Waals surface area contributed by atoms with Gasteiger partial charge in [-0.2, -0.15) is 5.10 Å². The molecule has 21 heavy (non-hydrogen) atoms. The van der Waals surface area contributed by atoms with E-state index in [-0.39, 0.29) is 23.9 Å². The van der Waals surface area contributed by atoms with Crippen molar-refractivity contribution in [2.24, 2.45) is 0 Å². The van der Waals surface area contributed by atoms with Crippen LogP contribution >= 0.6 is 11.6 Å². The normalized spacial score (nSPS) is 13.1. The van der Waals surface area contributed by atoms with E-state index in [1.165, 1.54) is 12.3 Å². The molecule has 0 fully saturated rings. The second-order valence-electron chi connectivity index (χ2n) is 5.57. The smallest absolute Gasteiger partial charge is 0.141 e. The highest BCUT2D eigenvalue weighted by molar-refractivity contribution is 6.31. The highest BCUT2D eigenvalue weighted by atomic mass is 35.5. The van der Waals surface area contributed by atoms with E-state index >= 15 is 0 Å². The summed E-state index contributed by atoms with van der Waals surface area (Å²) in [6, 6.07) is 3.23. The van der Waals surface area contributed by atoms with E-state index in [1.54, 1.807) is 12.3 Å². The van der Waals surface area contributed by atoms with Crippen LogP contribution in [-0.2, 0) is 0 Å². The molecule has 2 heterocycles. The first-order valence-electron chi connectivity index (χ1n) is 7.00. The molecule has 0 aliphatic heterocycles. The van der Waals surface area contributed by atoms with Crippen molar-refractivity contribution >= 4 is 11.6 Å². The third-order valence-electron chi connectivity index (χ3n) is 3.10. The maximum absolute atomic E-state index is 13.1. The number of nitrogens with zero attached hydrogens (tertiary/aromatic N) is 3. The molecule has 0 aliphatic rings. The zero-order valence-electron chi connectivity index (χ0n) is 12.6. The van der Waals surface area contributed by atoms with Gasteiger partial charge in [0.2, 0.25) is 0 Å². The Morgan fingerprint density at radius 1 is 1.19 bits per heavy atom. The first-order chi connectivity index (χ1) is 9.90. The third kappa shape index (κ3) is 3.60. The summed E-state index contributed by atoms with van der Waals surface area (Å²) >= 11 is 6.32. The molecule has 0 saturated heterocycles.